The number of carbonyl (C=O) groups is 1. The van der Waals surface area contributed by atoms with Crippen molar-refractivity contribution >= 4 is 33.1 Å². The van der Waals surface area contributed by atoms with Crippen LogP contribution in [0.5, 0.6) is 0 Å². The van der Waals surface area contributed by atoms with Gasteiger partial charge < -0.3 is 10.6 Å². The Morgan fingerprint density at radius 3 is 2.95 bits per heavy atom. The van der Waals surface area contributed by atoms with Crippen molar-refractivity contribution in [2.75, 3.05) is 18.8 Å². The number of pyridine rings is 1. The number of aromatic nitrogens is 1. The summed E-state index contributed by atoms with van der Waals surface area (Å²) in [5.74, 6) is 0.0631. The third-order valence-electron chi connectivity index (χ3n) is 4.30. The van der Waals surface area contributed by atoms with Gasteiger partial charge in [0, 0.05) is 19.3 Å². The van der Waals surface area contributed by atoms with E-state index < -0.39 is 0 Å². The number of amides is 1. The number of nitrogen functional groups attached to an aromatic ring is 1. The number of rotatable bonds is 1. The van der Waals surface area contributed by atoms with Gasteiger partial charge in [0.25, 0.3) is 5.91 Å². The van der Waals surface area contributed by atoms with E-state index >= 15 is 0 Å². The number of carbonyl (C=O) groups excluding carboxylic acids is 1. The van der Waals surface area contributed by atoms with Crippen LogP contribution in [0, 0.1) is 5.41 Å². The first kappa shape index (κ1) is 14.3. The van der Waals surface area contributed by atoms with Gasteiger partial charge in [-0.15, -0.1) is 11.3 Å². The molecule has 3 heterocycles. The van der Waals surface area contributed by atoms with Crippen molar-refractivity contribution in [2.45, 2.75) is 33.1 Å². The summed E-state index contributed by atoms with van der Waals surface area (Å²) in [5.41, 5.74) is 7.74. The summed E-state index contributed by atoms with van der Waals surface area (Å²) in [6.45, 7) is 6.19. The summed E-state index contributed by atoms with van der Waals surface area (Å²) < 4.78 is 0.980. The van der Waals surface area contributed by atoms with Crippen LogP contribution in [-0.2, 0) is 0 Å². The van der Waals surface area contributed by atoms with Crippen molar-refractivity contribution in [1.82, 2.24) is 9.88 Å². The first-order valence-corrected chi connectivity index (χ1v) is 8.22. The van der Waals surface area contributed by atoms with Crippen LogP contribution in [-0.4, -0.2) is 28.9 Å². The molecule has 1 aliphatic rings. The summed E-state index contributed by atoms with van der Waals surface area (Å²) in [5, 5.41) is 0. The number of nitrogens with two attached hydrogens (primary N) is 1. The van der Waals surface area contributed by atoms with E-state index in [9.17, 15) is 4.79 Å². The average Bonchev–Trinajstić information content (AvgIpc) is 2.67. The van der Waals surface area contributed by atoms with Gasteiger partial charge in [0.2, 0.25) is 0 Å². The van der Waals surface area contributed by atoms with Crippen LogP contribution in [0.15, 0.2) is 18.3 Å². The molecule has 0 radical (unpaired) electrons. The maximum Gasteiger partial charge on any atom is 0.266 e. The number of nitrogens with zero attached hydrogens (tertiary/aromatic N) is 2. The number of likely N-dealkylation sites (tertiary alicyclic amines) is 1. The Morgan fingerprint density at radius 2 is 2.19 bits per heavy atom. The largest absolute Gasteiger partial charge is 0.396 e. The lowest BCUT2D eigenvalue weighted by Crippen LogP contribution is -2.32. The number of thiophene rings is 1. The van der Waals surface area contributed by atoms with E-state index in [0.29, 0.717) is 16.0 Å². The SMILES string of the molecule is CC1(C)CCCN(C(=O)c2sc3cccnc3c2N)CC1. The maximum absolute atomic E-state index is 12.8. The molecule has 0 atom stereocenters. The van der Waals surface area contributed by atoms with Crippen molar-refractivity contribution in [2.24, 2.45) is 5.41 Å². The standard InChI is InChI=1S/C16H21N3OS/c1-16(2)6-4-9-19(10-7-16)15(20)14-12(17)13-11(21-14)5-3-8-18-13/h3,5,8H,4,6-7,9-10,17H2,1-2H3. The second kappa shape index (κ2) is 5.30. The molecule has 2 aromatic heterocycles. The molecule has 4 nitrogen and oxygen atoms in total. The molecule has 0 unspecified atom stereocenters. The highest BCUT2D eigenvalue weighted by atomic mass is 32.1. The average molecular weight is 303 g/mol. The Bertz CT molecular complexity index is 677. The predicted octanol–water partition coefficient (Wildman–Crippen LogP) is 3.53. The molecule has 1 amide bonds. The van der Waals surface area contributed by atoms with Gasteiger partial charge in [-0.3, -0.25) is 9.78 Å². The lowest BCUT2D eigenvalue weighted by molar-refractivity contribution is 0.0763. The van der Waals surface area contributed by atoms with E-state index in [-0.39, 0.29) is 5.91 Å². The van der Waals surface area contributed by atoms with E-state index in [4.69, 9.17) is 5.73 Å². The molecule has 112 valence electrons. The molecule has 1 saturated heterocycles. The molecule has 2 N–H and O–H groups in total. The fraction of sp³-hybridized carbons (Fsp3) is 0.500. The Hall–Kier alpha value is -1.62. The predicted molar refractivity (Wildman–Crippen MR) is 87.6 cm³/mol. The van der Waals surface area contributed by atoms with E-state index in [2.05, 4.69) is 18.8 Å². The van der Waals surface area contributed by atoms with Crippen molar-refractivity contribution in [3.8, 4) is 0 Å². The van der Waals surface area contributed by atoms with Crippen LogP contribution in [0.4, 0.5) is 5.69 Å². The summed E-state index contributed by atoms with van der Waals surface area (Å²) >= 11 is 1.45. The van der Waals surface area contributed by atoms with Gasteiger partial charge in [0.05, 0.1) is 10.4 Å². The van der Waals surface area contributed by atoms with Crippen LogP contribution in [0.2, 0.25) is 0 Å². The first-order chi connectivity index (χ1) is 9.98. The molecule has 0 bridgehead atoms. The van der Waals surface area contributed by atoms with Crippen molar-refractivity contribution < 1.29 is 4.79 Å². The topological polar surface area (TPSA) is 59.2 Å². The molecule has 3 rings (SSSR count). The van der Waals surface area contributed by atoms with E-state index in [1.165, 1.54) is 17.8 Å². The van der Waals surface area contributed by atoms with Gasteiger partial charge in [-0.2, -0.15) is 0 Å². The fourth-order valence-electron chi connectivity index (χ4n) is 2.88. The second-order valence-corrected chi connectivity index (χ2v) is 7.56. The molecule has 1 aliphatic heterocycles. The summed E-state index contributed by atoms with van der Waals surface area (Å²) in [6.07, 6.45) is 4.98. The Morgan fingerprint density at radius 1 is 1.38 bits per heavy atom. The number of anilines is 1. The van der Waals surface area contributed by atoms with E-state index in [1.54, 1.807) is 6.20 Å². The maximum atomic E-state index is 12.8. The Labute approximate surface area is 129 Å². The van der Waals surface area contributed by atoms with Gasteiger partial charge >= 0.3 is 0 Å². The first-order valence-electron chi connectivity index (χ1n) is 7.40. The molecule has 1 fully saturated rings. The van der Waals surface area contributed by atoms with Gasteiger partial charge in [-0.1, -0.05) is 13.8 Å². The fourth-order valence-corrected chi connectivity index (χ4v) is 3.93. The van der Waals surface area contributed by atoms with Gasteiger partial charge in [-0.05, 0) is 36.8 Å². The van der Waals surface area contributed by atoms with Crippen LogP contribution in [0.1, 0.15) is 42.8 Å². The van der Waals surface area contributed by atoms with Crippen LogP contribution in [0.3, 0.4) is 0 Å². The van der Waals surface area contributed by atoms with Crippen molar-refractivity contribution in [3.63, 3.8) is 0 Å². The van der Waals surface area contributed by atoms with Gasteiger partial charge in [-0.25, -0.2) is 0 Å². The van der Waals surface area contributed by atoms with Crippen molar-refractivity contribution in [3.05, 3.63) is 23.2 Å². The Kier molecular flexibility index (Phi) is 3.61. The quantitative estimate of drug-likeness (QED) is 0.876. The smallest absolute Gasteiger partial charge is 0.266 e. The zero-order valence-electron chi connectivity index (χ0n) is 12.6. The molecule has 2 aromatic rings. The lowest BCUT2D eigenvalue weighted by Gasteiger charge is -2.23. The highest BCUT2D eigenvalue weighted by molar-refractivity contribution is 7.21. The summed E-state index contributed by atoms with van der Waals surface area (Å²) in [6, 6.07) is 3.84. The minimum atomic E-state index is 0.0631. The number of fused-ring (bicyclic) bond motifs is 1. The molecule has 0 saturated carbocycles. The van der Waals surface area contributed by atoms with Crippen molar-refractivity contribution in [1.29, 1.82) is 0 Å². The third-order valence-corrected chi connectivity index (χ3v) is 5.45. The molecule has 0 spiro atoms. The third kappa shape index (κ3) is 2.75. The number of hydrogen-bond acceptors (Lipinski definition) is 4. The lowest BCUT2D eigenvalue weighted by atomic mass is 9.85. The molecular weight excluding hydrogens is 282 g/mol. The highest BCUT2D eigenvalue weighted by Crippen LogP contribution is 2.35. The zero-order chi connectivity index (χ0) is 15.0. The monoisotopic (exact) mass is 303 g/mol. The summed E-state index contributed by atoms with van der Waals surface area (Å²) in [7, 11) is 0. The number of hydrogen-bond donors (Lipinski definition) is 1. The molecule has 0 aliphatic carbocycles. The second-order valence-electron chi connectivity index (χ2n) is 6.50. The van der Waals surface area contributed by atoms with Gasteiger partial charge in [0.15, 0.2) is 0 Å². The van der Waals surface area contributed by atoms with E-state index in [1.807, 2.05) is 17.0 Å². The van der Waals surface area contributed by atoms with Crippen LogP contribution < -0.4 is 5.73 Å². The molecular formula is C16H21N3OS. The normalized spacial score (nSPS) is 18.7. The van der Waals surface area contributed by atoms with E-state index in [0.717, 1.165) is 36.1 Å². The molecule has 21 heavy (non-hydrogen) atoms. The van der Waals surface area contributed by atoms with Gasteiger partial charge in [0.1, 0.15) is 10.4 Å². The minimum absolute atomic E-state index is 0.0631. The van der Waals surface area contributed by atoms with Crippen LogP contribution in [0.25, 0.3) is 10.2 Å². The highest BCUT2D eigenvalue weighted by Gasteiger charge is 2.28. The molecule has 0 aromatic carbocycles. The minimum Gasteiger partial charge on any atom is -0.396 e. The van der Waals surface area contributed by atoms with Crippen LogP contribution >= 0.6 is 11.3 Å². The zero-order valence-corrected chi connectivity index (χ0v) is 13.4. The Balaban J connectivity index is 1.88. The summed E-state index contributed by atoms with van der Waals surface area (Å²) in [4.78, 5) is 19.7. The molecule has 5 heteroatoms.